The number of aliphatic hydroxyl groups excluding tert-OH is 4. The number of rotatable bonds is 16. The van der Waals surface area contributed by atoms with Crippen molar-refractivity contribution in [1.29, 1.82) is 0 Å². The van der Waals surface area contributed by atoms with Crippen molar-refractivity contribution in [3.05, 3.63) is 0 Å². The van der Waals surface area contributed by atoms with Gasteiger partial charge < -0.3 is 64.2 Å². The quantitative estimate of drug-likeness (QED) is 0.122. The van der Waals surface area contributed by atoms with E-state index in [1.165, 1.54) is 21.0 Å². The van der Waals surface area contributed by atoms with E-state index in [9.17, 15) is 35.1 Å². The van der Waals surface area contributed by atoms with Gasteiger partial charge in [-0.15, -0.1) is 0 Å². The Kier molecular flexibility index (Phi) is 15.1. The van der Waals surface area contributed by atoms with Gasteiger partial charge in [0, 0.05) is 31.9 Å². The van der Waals surface area contributed by atoms with E-state index in [0.717, 1.165) is 0 Å². The van der Waals surface area contributed by atoms with Crippen molar-refractivity contribution in [2.24, 2.45) is 17.8 Å². The van der Waals surface area contributed by atoms with Gasteiger partial charge >= 0.3 is 5.97 Å². The molecule has 3 aliphatic heterocycles. The number of methoxy groups -OCH3 is 1. The third-order valence-corrected chi connectivity index (χ3v) is 11.8. The average molecular weight is 749 g/mol. The zero-order chi connectivity index (χ0) is 39.7. The van der Waals surface area contributed by atoms with Crippen LogP contribution in [0.3, 0.4) is 0 Å². The molecule has 15 nitrogen and oxygen atoms in total. The van der Waals surface area contributed by atoms with Crippen LogP contribution >= 0.6 is 0 Å². The first kappa shape index (κ1) is 44.9. The average Bonchev–Trinajstić information content (AvgIpc) is 3.34. The van der Waals surface area contributed by atoms with Gasteiger partial charge in [-0.1, -0.05) is 27.7 Å². The van der Waals surface area contributed by atoms with Crippen LogP contribution in [0.2, 0.25) is 0 Å². The number of hydrogen-bond acceptors (Lipinski definition) is 14. The molecule has 0 bridgehead atoms. The van der Waals surface area contributed by atoms with Gasteiger partial charge in [-0.05, 0) is 68.5 Å². The van der Waals surface area contributed by atoms with E-state index in [1.807, 2.05) is 25.9 Å². The molecule has 304 valence electrons. The number of likely N-dealkylation sites (N-methyl/N-ethyl adjacent to an activating group) is 1. The minimum absolute atomic E-state index is 0.112. The molecule has 0 aliphatic carbocycles. The van der Waals surface area contributed by atoms with Crippen molar-refractivity contribution in [3.8, 4) is 0 Å². The Morgan fingerprint density at radius 1 is 1.08 bits per heavy atom. The number of ether oxygens (including phenoxy) is 6. The highest BCUT2D eigenvalue weighted by Gasteiger charge is 2.55. The first-order chi connectivity index (χ1) is 23.9. The monoisotopic (exact) mass is 748 g/mol. The molecule has 0 aromatic carbocycles. The second kappa shape index (κ2) is 17.5. The molecule has 0 saturated carbocycles. The molecular weight excluding hydrogens is 680 g/mol. The Morgan fingerprint density at radius 3 is 2.21 bits per heavy atom. The molecule has 1 amide bonds. The Bertz CT molecular complexity index is 1190. The predicted octanol–water partition coefficient (Wildman–Crippen LogP) is 1.09. The number of hydrogen-bond donors (Lipinski definition) is 6. The van der Waals surface area contributed by atoms with Gasteiger partial charge in [-0.3, -0.25) is 9.59 Å². The molecule has 0 aromatic rings. The first-order valence-corrected chi connectivity index (χ1v) is 18.7. The summed E-state index contributed by atoms with van der Waals surface area (Å²) < 4.78 is 37.4. The Hall–Kier alpha value is -1.50. The van der Waals surface area contributed by atoms with Gasteiger partial charge in [0.25, 0.3) is 0 Å². The maximum Gasteiger partial charge on any atom is 0.309 e. The third kappa shape index (κ3) is 9.65. The van der Waals surface area contributed by atoms with E-state index in [2.05, 4.69) is 5.32 Å². The topological polar surface area (TPSA) is 206 Å². The van der Waals surface area contributed by atoms with Crippen LogP contribution in [-0.4, -0.2) is 154 Å². The number of esters is 1. The van der Waals surface area contributed by atoms with Crippen molar-refractivity contribution in [2.75, 3.05) is 21.2 Å². The summed E-state index contributed by atoms with van der Waals surface area (Å²) in [5, 5.41) is 57.4. The van der Waals surface area contributed by atoms with Crippen LogP contribution < -0.4 is 5.32 Å². The molecular formula is C37H68N2O13. The summed E-state index contributed by atoms with van der Waals surface area (Å²) in [6.45, 7) is 16.8. The van der Waals surface area contributed by atoms with Gasteiger partial charge in [0.1, 0.15) is 35.6 Å². The molecule has 3 fully saturated rings. The van der Waals surface area contributed by atoms with Gasteiger partial charge in [0.15, 0.2) is 12.6 Å². The number of nitrogens with one attached hydrogen (secondary N) is 1. The fraction of sp³-hybridized carbons (Fsp3) is 0.946. The van der Waals surface area contributed by atoms with Gasteiger partial charge in [0.2, 0.25) is 5.91 Å². The lowest BCUT2D eigenvalue weighted by atomic mass is 9.78. The maximum absolute atomic E-state index is 14.1. The Balaban J connectivity index is 2.05. The van der Waals surface area contributed by atoms with Crippen molar-refractivity contribution in [1.82, 2.24) is 10.2 Å². The van der Waals surface area contributed by atoms with E-state index >= 15 is 0 Å². The molecule has 0 unspecified atom stereocenters. The second-order valence-electron chi connectivity index (χ2n) is 16.5. The highest BCUT2D eigenvalue weighted by molar-refractivity contribution is 5.79. The molecule has 3 saturated heterocycles. The number of carbonyl (C=O) groups is 2. The van der Waals surface area contributed by atoms with Crippen molar-refractivity contribution < 1.29 is 63.5 Å². The lowest BCUT2D eigenvalue weighted by Crippen LogP contribution is -2.61. The zero-order valence-corrected chi connectivity index (χ0v) is 33.4. The molecule has 0 aromatic heterocycles. The summed E-state index contributed by atoms with van der Waals surface area (Å²) in [7, 11) is 5.22. The first-order valence-electron chi connectivity index (χ1n) is 18.7. The zero-order valence-electron chi connectivity index (χ0n) is 33.4. The molecule has 15 heteroatoms. The standard InChI is InChI=1S/C37H68N2O13/c1-14-25(40)37(10,46)29(42)22(6)38-32(44)21(5)28(50-26-17-35(8,47-13)30(43)23(7)49-26)20(4)31(36(9)16-18(2)33(45)52-36)51-34-27(41)24(39(11)12)15-19(3)48-34/h18-31,34,40-43,46H,14-17H2,1-13H3,(H,38,44)/t18-,19-,20+,21-,22-,23+,24+,25-,26+,27-,28+,29-,30+,31-,34+,35-,36+,37-/m1/s1. The highest BCUT2D eigenvalue weighted by Crippen LogP contribution is 2.43. The predicted molar refractivity (Wildman–Crippen MR) is 190 cm³/mol. The minimum atomic E-state index is -1.91. The molecule has 52 heavy (non-hydrogen) atoms. The van der Waals surface area contributed by atoms with Crippen LogP contribution in [0.4, 0.5) is 0 Å². The van der Waals surface area contributed by atoms with Crippen LogP contribution in [-0.2, 0) is 38.0 Å². The maximum atomic E-state index is 14.1. The molecule has 0 spiro atoms. The molecule has 6 N–H and O–H groups in total. The van der Waals surface area contributed by atoms with E-state index in [-0.39, 0.29) is 31.4 Å². The number of nitrogens with zero attached hydrogens (tertiary/aromatic N) is 1. The van der Waals surface area contributed by atoms with E-state index in [4.69, 9.17) is 28.4 Å². The number of carbonyl (C=O) groups excluding carboxylic acids is 2. The van der Waals surface area contributed by atoms with Crippen LogP contribution in [0.25, 0.3) is 0 Å². The normalized spacial score (nSPS) is 39.5. The number of aliphatic hydroxyl groups is 5. The second-order valence-corrected chi connectivity index (χ2v) is 16.5. The summed E-state index contributed by atoms with van der Waals surface area (Å²) in [6.07, 6.45) is -8.66. The van der Waals surface area contributed by atoms with Gasteiger partial charge in [-0.2, -0.15) is 0 Å². The SMILES string of the molecule is CC[C@@H](O)[C@@](C)(O)[C@H](O)[C@@H](C)NC(=O)[C@H](C)[C@@H](O[C@H]1C[C@@](C)(OC)[C@@H](O)[C@H](C)O1)[C@H](C)[C@@H](O[C@@H]1O[C@H](C)C[C@H](N(C)C)[C@H]1O)[C@]1(C)C[C@@H](C)C(=O)O1. The fourth-order valence-corrected chi connectivity index (χ4v) is 8.20. The van der Waals surface area contributed by atoms with E-state index < -0.39 is 108 Å². The van der Waals surface area contributed by atoms with Crippen LogP contribution in [0.1, 0.15) is 94.9 Å². The largest absolute Gasteiger partial charge is 0.456 e. The van der Waals surface area contributed by atoms with Crippen molar-refractivity contribution in [2.45, 2.75) is 185 Å². The molecule has 3 rings (SSSR count). The molecule has 0 radical (unpaired) electrons. The Labute approximate surface area is 309 Å². The minimum Gasteiger partial charge on any atom is -0.456 e. The molecule has 3 aliphatic rings. The van der Waals surface area contributed by atoms with Crippen molar-refractivity contribution in [3.63, 3.8) is 0 Å². The van der Waals surface area contributed by atoms with Crippen LogP contribution in [0.15, 0.2) is 0 Å². The lowest BCUT2D eigenvalue weighted by molar-refractivity contribution is -0.315. The summed E-state index contributed by atoms with van der Waals surface area (Å²) in [5.74, 6) is -3.11. The van der Waals surface area contributed by atoms with Crippen LogP contribution in [0.5, 0.6) is 0 Å². The molecule has 3 heterocycles. The van der Waals surface area contributed by atoms with Gasteiger partial charge in [-0.25, -0.2) is 0 Å². The third-order valence-electron chi connectivity index (χ3n) is 11.8. The fourth-order valence-electron chi connectivity index (χ4n) is 8.20. The highest BCUT2D eigenvalue weighted by atomic mass is 16.7. The van der Waals surface area contributed by atoms with E-state index in [0.29, 0.717) is 6.42 Å². The Morgan fingerprint density at radius 2 is 1.69 bits per heavy atom. The lowest BCUT2D eigenvalue weighted by Gasteiger charge is -2.48. The van der Waals surface area contributed by atoms with Crippen LogP contribution in [0, 0.1) is 17.8 Å². The number of amides is 1. The smallest absolute Gasteiger partial charge is 0.309 e. The summed E-state index contributed by atoms with van der Waals surface area (Å²) in [5.41, 5.74) is -4.17. The van der Waals surface area contributed by atoms with Gasteiger partial charge in [0.05, 0.1) is 47.9 Å². The van der Waals surface area contributed by atoms with E-state index in [1.54, 1.807) is 48.5 Å². The summed E-state index contributed by atoms with van der Waals surface area (Å²) in [4.78, 5) is 28.9. The van der Waals surface area contributed by atoms with Crippen molar-refractivity contribution >= 4 is 11.9 Å². The summed E-state index contributed by atoms with van der Waals surface area (Å²) in [6, 6.07) is -1.28. The molecule has 18 atom stereocenters. The summed E-state index contributed by atoms with van der Waals surface area (Å²) >= 11 is 0. The number of cyclic esters (lactones) is 1.